The molecular formula is C14H18O4. The third-order valence-electron chi connectivity index (χ3n) is 3.84. The van der Waals surface area contributed by atoms with Gasteiger partial charge in [0.15, 0.2) is 0 Å². The molecule has 0 radical (unpaired) electrons. The molecule has 1 aliphatic rings. The van der Waals surface area contributed by atoms with Crippen molar-refractivity contribution in [1.82, 2.24) is 0 Å². The minimum Gasteiger partial charge on any atom is -0.481 e. The Balaban J connectivity index is 2.31. The molecule has 2 rings (SSSR count). The molecule has 1 fully saturated rings. The van der Waals surface area contributed by atoms with E-state index in [1.54, 1.807) is 12.3 Å². The highest BCUT2D eigenvalue weighted by Gasteiger charge is 2.41. The van der Waals surface area contributed by atoms with Crippen LogP contribution in [0.3, 0.4) is 0 Å². The Labute approximate surface area is 106 Å². The molecule has 3 atom stereocenters. The fourth-order valence-electron chi connectivity index (χ4n) is 2.98. The molecule has 1 saturated carbocycles. The number of carboxylic acids is 1. The first kappa shape index (κ1) is 12.9. The van der Waals surface area contributed by atoms with Gasteiger partial charge in [0, 0.05) is 18.3 Å². The summed E-state index contributed by atoms with van der Waals surface area (Å²) in [5, 5.41) is 9.28. The number of rotatable bonds is 4. The lowest BCUT2D eigenvalue weighted by Crippen LogP contribution is -2.36. The smallest absolute Gasteiger partial charge is 0.307 e. The Kier molecular flexibility index (Phi) is 3.84. The van der Waals surface area contributed by atoms with Crippen LogP contribution in [0.2, 0.25) is 0 Å². The lowest BCUT2D eigenvalue weighted by Gasteiger charge is -2.32. The quantitative estimate of drug-likeness (QED) is 0.892. The van der Waals surface area contributed by atoms with Gasteiger partial charge >= 0.3 is 5.97 Å². The summed E-state index contributed by atoms with van der Waals surface area (Å²) in [5.74, 6) is -1.19. The van der Waals surface area contributed by atoms with Gasteiger partial charge in [0.2, 0.25) is 0 Å². The Morgan fingerprint density at radius 1 is 1.61 bits per heavy atom. The summed E-state index contributed by atoms with van der Waals surface area (Å²) >= 11 is 0. The highest BCUT2D eigenvalue weighted by Crippen LogP contribution is 2.41. The molecule has 4 heteroatoms. The van der Waals surface area contributed by atoms with Crippen LogP contribution in [0.25, 0.3) is 0 Å². The zero-order chi connectivity index (χ0) is 13.1. The number of carbonyl (C=O) groups excluding carboxylic acids is 1. The largest absolute Gasteiger partial charge is 0.481 e. The molecule has 0 aromatic carbocycles. The molecule has 1 heterocycles. The minimum atomic E-state index is -0.880. The summed E-state index contributed by atoms with van der Waals surface area (Å²) in [6, 6.07) is 3.62. The van der Waals surface area contributed by atoms with Crippen LogP contribution >= 0.6 is 0 Å². The van der Waals surface area contributed by atoms with Crippen molar-refractivity contribution in [3.8, 4) is 0 Å². The van der Waals surface area contributed by atoms with Crippen LogP contribution in [0.4, 0.5) is 0 Å². The van der Waals surface area contributed by atoms with Crippen molar-refractivity contribution in [2.24, 2.45) is 11.8 Å². The van der Waals surface area contributed by atoms with Gasteiger partial charge in [-0.1, -0.05) is 6.92 Å². The Morgan fingerprint density at radius 2 is 2.39 bits per heavy atom. The van der Waals surface area contributed by atoms with E-state index in [4.69, 9.17) is 4.42 Å². The highest BCUT2D eigenvalue weighted by atomic mass is 16.4. The van der Waals surface area contributed by atoms with Crippen molar-refractivity contribution in [2.45, 2.75) is 38.5 Å². The minimum absolute atomic E-state index is 0.0666. The molecule has 98 valence electrons. The second-order valence-corrected chi connectivity index (χ2v) is 4.86. The van der Waals surface area contributed by atoms with E-state index in [-0.39, 0.29) is 11.7 Å². The SMILES string of the molecule is CCC(C(=O)O)[C@@H]1C(=O)CCC[C@H]1c1ccco1. The van der Waals surface area contributed by atoms with Gasteiger partial charge in [-0.2, -0.15) is 0 Å². The van der Waals surface area contributed by atoms with E-state index < -0.39 is 17.8 Å². The maximum absolute atomic E-state index is 12.1. The second-order valence-electron chi connectivity index (χ2n) is 4.86. The number of carboxylic acid groups (broad SMARTS) is 1. The van der Waals surface area contributed by atoms with E-state index in [9.17, 15) is 14.7 Å². The molecule has 0 bridgehead atoms. The summed E-state index contributed by atoms with van der Waals surface area (Å²) in [5.41, 5.74) is 0. The van der Waals surface area contributed by atoms with Crippen molar-refractivity contribution in [1.29, 1.82) is 0 Å². The number of ketones is 1. The first-order valence-corrected chi connectivity index (χ1v) is 6.44. The van der Waals surface area contributed by atoms with Gasteiger partial charge < -0.3 is 9.52 Å². The Bertz CT molecular complexity index is 421. The van der Waals surface area contributed by atoms with E-state index in [0.29, 0.717) is 12.8 Å². The molecule has 4 nitrogen and oxygen atoms in total. The predicted molar refractivity (Wildman–Crippen MR) is 65.2 cm³/mol. The third kappa shape index (κ3) is 2.33. The Morgan fingerprint density at radius 3 is 2.94 bits per heavy atom. The highest BCUT2D eigenvalue weighted by molar-refractivity contribution is 5.87. The molecule has 1 unspecified atom stereocenters. The van der Waals surface area contributed by atoms with Crippen molar-refractivity contribution < 1.29 is 19.1 Å². The molecule has 18 heavy (non-hydrogen) atoms. The average Bonchev–Trinajstić information content (AvgIpc) is 2.85. The van der Waals surface area contributed by atoms with Crippen molar-refractivity contribution in [2.75, 3.05) is 0 Å². The summed E-state index contributed by atoms with van der Waals surface area (Å²) < 4.78 is 5.38. The molecule has 0 spiro atoms. The zero-order valence-electron chi connectivity index (χ0n) is 10.5. The molecule has 1 aliphatic carbocycles. The van der Waals surface area contributed by atoms with Gasteiger partial charge in [-0.15, -0.1) is 0 Å². The van der Waals surface area contributed by atoms with Crippen molar-refractivity contribution in [3.63, 3.8) is 0 Å². The van der Waals surface area contributed by atoms with Crippen molar-refractivity contribution in [3.05, 3.63) is 24.2 Å². The normalized spacial score (nSPS) is 25.9. The van der Waals surface area contributed by atoms with Crippen LogP contribution in [-0.2, 0) is 9.59 Å². The second kappa shape index (κ2) is 5.38. The van der Waals surface area contributed by atoms with E-state index >= 15 is 0 Å². The van der Waals surface area contributed by atoms with Crippen LogP contribution < -0.4 is 0 Å². The monoisotopic (exact) mass is 250 g/mol. The fraction of sp³-hybridized carbons (Fsp3) is 0.571. The Hall–Kier alpha value is -1.58. The van der Waals surface area contributed by atoms with Gasteiger partial charge in [-0.05, 0) is 31.4 Å². The number of aliphatic carboxylic acids is 1. The molecule has 0 aliphatic heterocycles. The maximum Gasteiger partial charge on any atom is 0.307 e. The summed E-state index contributed by atoms with van der Waals surface area (Å²) in [6.45, 7) is 1.82. The molecule has 0 saturated heterocycles. The summed E-state index contributed by atoms with van der Waals surface area (Å²) in [4.78, 5) is 23.4. The topological polar surface area (TPSA) is 67.5 Å². The number of furan rings is 1. The maximum atomic E-state index is 12.1. The van der Waals surface area contributed by atoms with Gasteiger partial charge in [0.05, 0.1) is 12.2 Å². The van der Waals surface area contributed by atoms with E-state index in [1.165, 1.54) is 0 Å². The van der Waals surface area contributed by atoms with Crippen LogP contribution in [0.1, 0.15) is 44.3 Å². The number of carbonyl (C=O) groups is 2. The molecule has 1 aromatic rings. The molecule has 1 N–H and O–H groups in total. The fourth-order valence-corrected chi connectivity index (χ4v) is 2.98. The van der Waals surface area contributed by atoms with E-state index in [1.807, 2.05) is 13.0 Å². The molecular weight excluding hydrogens is 232 g/mol. The number of hydrogen-bond donors (Lipinski definition) is 1. The third-order valence-corrected chi connectivity index (χ3v) is 3.84. The zero-order valence-corrected chi connectivity index (χ0v) is 10.5. The van der Waals surface area contributed by atoms with Crippen LogP contribution in [0.15, 0.2) is 22.8 Å². The molecule has 1 aromatic heterocycles. The summed E-state index contributed by atoms with van der Waals surface area (Å²) in [7, 11) is 0. The first-order chi connectivity index (χ1) is 8.65. The first-order valence-electron chi connectivity index (χ1n) is 6.44. The van der Waals surface area contributed by atoms with Gasteiger partial charge in [-0.25, -0.2) is 0 Å². The number of Topliss-reactive ketones (excluding diaryl/α,β-unsaturated/α-hetero) is 1. The van der Waals surface area contributed by atoms with Crippen molar-refractivity contribution >= 4 is 11.8 Å². The van der Waals surface area contributed by atoms with Crippen LogP contribution in [0.5, 0.6) is 0 Å². The predicted octanol–water partition coefficient (Wildman–Crippen LogP) is 2.84. The van der Waals surface area contributed by atoms with Gasteiger partial charge in [-0.3, -0.25) is 9.59 Å². The van der Waals surface area contributed by atoms with E-state index in [2.05, 4.69) is 0 Å². The number of hydrogen-bond acceptors (Lipinski definition) is 3. The lowest BCUT2D eigenvalue weighted by molar-refractivity contribution is -0.148. The van der Waals surface area contributed by atoms with Crippen LogP contribution in [-0.4, -0.2) is 16.9 Å². The average molecular weight is 250 g/mol. The van der Waals surface area contributed by atoms with E-state index in [0.717, 1.165) is 18.6 Å². The standard InChI is InChI=1S/C14H18O4/c1-2-9(14(16)17)13-10(5-3-6-11(13)15)12-7-4-8-18-12/h4,7-10,13H,2-3,5-6H2,1H3,(H,16,17)/t9?,10-,13-/m0/s1. The molecule has 0 amide bonds. The summed E-state index contributed by atoms with van der Waals surface area (Å²) in [6.07, 6.45) is 4.19. The van der Waals surface area contributed by atoms with Crippen LogP contribution in [0, 0.1) is 11.8 Å². The van der Waals surface area contributed by atoms with Gasteiger partial charge in [0.25, 0.3) is 0 Å². The lowest BCUT2D eigenvalue weighted by atomic mass is 9.70. The van der Waals surface area contributed by atoms with Gasteiger partial charge in [0.1, 0.15) is 11.5 Å².